The fourth-order valence-corrected chi connectivity index (χ4v) is 3.26. The first-order valence-corrected chi connectivity index (χ1v) is 8.12. The Labute approximate surface area is 140 Å². The van der Waals surface area contributed by atoms with Crippen LogP contribution in [0, 0.1) is 5.92 Å². The molecule has 0 saturated heterocycles. The lowest BCUT2D eigenvalue weighted by molar-refractivity contribution is -0.126. The van der Waals surface area contributed by atoms with E-state index in [9.17, 15) is 4.79 Å². The summed E-state index contributed by atoms with van der Waals surface area (Å²) in [7, 11) is 0. The molecule has 4 rings (SSSR count). The Morgan fingerprint density at radius 3 is 2.21 bits per heavy atom. The summed E-state index contributed by atoms with van der Waals surface area (Å²) in [5, 5.41) is 8.81. The Balaban J connectivity index is 1.70. The third-order valence-electron chi connectivity index (χ3n) is 4.62. The largest absolute Gasteiger partial charge is 0.273 e. The van der Waals surface area contributed by atoms with E-state index in [0.29, 0.717) is 0 Å². The number of hydrazone groups is 1. The average Bonchev–Trinajstić information content (AvgIpc) is 2.58. The second-order valence-electron chi connectivity index (χ2n) is 6.32. The third-order valence-corrected chi connectivity index (χ3v) is 4.62. The molecule has 3 aromatic carbocycles. The van der Waals surface area contributed by atoms with Crippen molar-refractivity contribution in [3.63, 3.8) is 0 Å². The van der Waals surface area contributed by atoms with Gasteiger partial charge in [-0.25, -0.2) is 5.43 Å². The van der Waals surface area contributed by atoms with E-state index in [1.807, 2.05) is 24.3 Å². The molecule has 0 heterocycles. The van der Waals surface area contributed by atoms with Gasteiger partial charge in [0.15, 0.2) is 0 Å². The van der Waals surface area contributed by atoms with Crippen LogP contribution in [0.4, 0.5) is 0 Å². The van der Waals surface area contributed by atoms with E-state index in [0.717, 1.165) is 34.8 Å². The van der Waals surface area contributed by atoms with Gasteiger partial charge in [0.1, 0.15) is 0 Å². The summed E-state index contributed by atoms with van der Waals surface area (Å²) in [4.78, 5) is 12.0. The van der Waals surface area contributed by atoms with Crippen molar-refractivity contribution in [1.29, 1.82) is 0 Å². The number of hydrogen-bond donors (Lipinski definition) is 1. The molecule has 3 heteroatoms. The maximum Gasteiger partial charge on any atom is 0.243 e. The van der Waals surface area contributed by atoms with Gasteiger partial charge in [-0.3, -0.25) is 4.79 Å². The number of amides is 1. The van der Waals surface area contributed by atoms with E-state index in [2.05, 4.69) is 47.4 Å². The number of hydrogen-bond acceptors (Lipinski definition) is 2. The Kier molecular flexibility index (Phi) is 3.62. The van der Waals surface area contributed by atoms with Gasteiger partial charge in [0.2, 0.25) is 5.91 Å². The van der Waals surface area contributed by atoms with E-state index in [1.165, 1.54) is 10.8 Å². The number of nitrogens with zero attached hydrogens (tertiary/aromatic N) is 1. The number of benzene rings is 3. The van der Waals surface area contributed by atoms with Gasteiger partial charge in [-0.1, -0.05) is 60.7 Å². The molecular formula is C21H18N2O. The minimum Gasteiger partial charge on any atom is -0.273 e. The van der Waals surface area contributed by atoms with E-state index in [1.54, 1.807) is 6.21 Å². The summed E-state index contributed by atoms with van der Waals surface area (Å²) in [6, 6.07) is 18.6. The highest BCUT2D eigenvalue weighted by atomic mass is 16.2. The van der Waals surface area contributed by atoms with Gasteiger partial charge in [0.05, 0.1) is 6.21 Å². The van der Waals surface area contributed by atoms with Crippen LogP contribution in [0.15, 0.2) is 71.9 Å². The Hall–Kier alpha value is -2.94. The predicted molar refractivity (Wildman–Crippen MR) is 99.1 cm³/mol. The number of carbonyl (C=O) groups is 1. The highest BCUT2D eigenvalue weighted by Crippen LogP contribution is 2.31. The Morgan fingerprint density at radius 2 is 1.62 bits per heavy atom. The maximum absolute atomic E-state index is 12.0. The highest BCUT2D eigenvalue weighted by Gasteiger charge is 2.28. The fraction of sp³-hybridized carbons (Fsp3) is 0.143. The first-order valence-electron chi connectivity index (χ1n) is 8.12. The molecule has 118 valence electrons. The van der Waals surface area contributed by atoms with Crippen LogP contribution in [0.25, 0.3) is 21.5 Å². The van der Waals surface area contributed by atoms with Crippen LogP contribution in [0.5, 0.6) is 0 Å². The van der Waals surface area contributed by atoms with Crippen molar-refractivity contribution in [2.24, 2.45) is 11.0 Å². The lowest BCUT2D eigenvalue weighted by Crippen LogP contribution is -2.32. The SMILES string of the molecule is C=C1CC(C(=O)N/N=C/c2c3ccccc3cc3ccccc23)C1. The van der Waals surface area contributed by atoms with Crippen molar-refractivity contribution >= 4 is 33.7 Å². The molecule has 24 heavy (non-hydrogen) atoms. The normalized spacial score (nSPS) is 15.1. The minimum atomic E-state index is -0.0248. The van der Waals surface area contributed by atoms with Crippen LogP contribution in [0.1, 0.15) is 18.4 Å². The zero-order valence-electron chi connectivity index (χ0n) is 13.3. The molecule has 0 radical (unpaired) electrons. The van der Waals surface area contributed by atoms with Crippen LogP contribution in [0.2, 0.25) is 0 Å². The van der Waals surface area contributed by atoms with E-state index < -0.39 is 0 Å². The Morgan fingerprint density at radius 1 is 1.04 bits per heavy atom. The van der Waals surface area contributed by atoms with E-state index >= 15 is 0 Å². The molecule has 0 spiro atoms. The molecule has 1 amide bonds. The van der Waals surface area contributed by atoms with Crippen LogP contribution in [-0.2, 0) is 4.79 Å². The van der Waals surface area contributed by atoms with Crippen molar-refractivity contribution in [3.8, 4) is 0 Å². The number of nitrogens with one attached hydrogen (secondary N) is 1. The molecule has 0 aliphatic heterocycles. The number of rotatable bonds is 3. The Bertz CT molecular complexity index is 925. The molecular weight excluding hydrogens is 296 g/mol. The van der Waals surface area contributed by atoms with Crippen LogP contribution >= 0.6 is 0 Å². The molecule has 1 saturated carbocycles. The summed E-state index contributed by atoms with van der Waals surface area (Å²) in [5.41, 5.74) is 4.84. The standard InChI is InChI=1S/C21H18N2O/c1-14-10-17(11-14)21(24)23-22-13-20-18-8-4-2-6-15(18)12-16-7-3-5-9-19(16)20/h2-9,12-13,17H,1,10-11H2,(H,23,24)/b22-13+. The number of carbonyl (C=O) groups excluding carboxylic acids is 1. The van der Waals surface area contributed by atoms with Gasteiger partial charge in [-0.15, -0.1) is 0 Å². The van der Waals surface area contributed by atoms with E-state index in [4.69, 9.17) is 0 Å². The first-order chi connectivity index (χ1) is 11.7. The van der Waals surface area contributed by atoms with Gasteiger partial charge in [-0.05, 0) is 40.5 Å². The number of allylic oxidation sites excluding steroid dienone is 1. The van der Waals surface area contributed by atoms with Crippen molar-refractivity contribution in [3.05, 3.63) is 72.3 Å². The average molecular weight is 314 g/mol. The molecule has 0 atom stereocenters. The third kappa shape index (κ3) is 2.58. The van der Waals surface area contributed by atoms with Crippen molar-refractivity contribution in [2.75, 3.05) is 0 Å². The monoisotopic (exact) mass is 314 g/mol. The molecule has 0 bridgehead atoms. The molecule has 1 aliphatic carbocycles. The van der Waals surface area contributed by atoms with Gasteiger partial charge in [0, 0.05) is 11.5 Å². The first kappa shape index (κ1) is 14.6. The molecule has 1 N–H and O–H groups in total. The second-order valence-corrected chi connectivity index (χ2v) is 6.32. The van der Waals surface area contributed by atoms with Crippen LogP contribution in [0.3, 0.4) is 0 Å². The maximum atomic E-state index is 12.0. The summed E-state index contributed by atoms with van der Waals surface area (Å²) < 4.78 is 0. The fourth-order valence-electron chi connectivity index (χ4n) is 3.26. The van der Waals surface area contributed by atoms with Crippen LogP contribution in [-0.4, -0.2) is 12.1 Å². The second kappa shape index (κ2) is 5.93. The number of fused-ring (bicyclic) bond motifs is 2. The van der Waals surface area contributed by atoms with Gasteiger partial charge in [0.25, 0.3) is 0 Å². The van der Waals surface area contributed by atoms with E-state index in [-0.39, 0.29) is 11.8 Å². The minimum absolute atomic E-state index is 0.0248. The lowest BCUT2D eigenvalue weighted by Gasteiger charge is -2.25. The summed E-state index contributed by atoms with van der Waals surface area (Å²) in [6.45, 7) is 3.87. The quantitative estimate of drug-likeness (QED) is 0.331. The van der Waals surface area contributed by atoms with Crippen molar-refractivity contribution < 1.29 is 4.79 Å². The topological polar surface area (TPSA) is 41.5 Å². The molecule has 1 fully saturated rings. The smallest absolute Gasteiger partial charge is 0.243 e. The van der Waals surface area contributed by atoms with Crippen molar-refractivity contribution in [1.82, 2.24) is 5.43 Å². The highest BCUT2D eigenvalue weighted by molar-refractivity contribution is 6.13. The molecule has 3 aromatic rings. The summed E-state index contributed by atoms with van der Waals surface area (Å²) in [5.74, 6) is 0.00195. The van der Waals surface area contributed by atoms with Crippen LogP contribution < -0.4 is 5.43 Å². The predicted octanol–water partition coefficient (Wildman–Crippen LogP) is 4.41. The molecule has 0 unspecified atom stereocenters. The molecule has 0 aromatic heterocycles. The zero-order valence-corrected chi connectivity index (χ0v) is 13.3. The zero-order chi connectivity index (χ0) is 16.5. The van der Waals surface area contributed by atoms with Gasteiger partial charge < -0.3 is 0 Å². The molecule has 3 nitrogen and oxygen atoms in total. The van der Waals surface area contributed by atoms with Crippen molar-refractivity contribution in [2.45, 2.75) is 12.8 Å². The summed E-state index contributed by atoms with van der Waals surface area (Å²) >= 11 is 0. The molecule has 1 aliphatic rings. The van der Waals surface area contributed by atoms with Gasteiger partial charge >= 0.3 is 0 Å². The lowest BCUT2D eigenvalue weighted by atomic mass is 9.81. The van der Waals surface area contributed by atoms with Gasteiger partial charge in [-0.2, -0.15) is 5.10 Å². The summed E-state index contributed by atoms with van der Waals surface area (Å²) in [6.07, 6.45) is 3.31.